The van der Waals surface area contributed by atoms with Crippen molar-refractivity contribution in [1.82, 2.24) is 5.01 Å². The van der Waals surface area contributed by atoms with Crippen LogP contribution in [0.1, 0.15) is 51.2 Å². The fraction of sp³-hybridized carbons (Fsp3) is 0.562. The minimum absolute atomic E-state index is 0.00285. The van der Waals surface area contributed by atoms with Crippen LogP contribution >= 0.6 is 0 Å². The van der Waals surface area contributed by atoms with Crippen molar-refractivity contribution in [2.45, 2.75) is 51.9 Å². The molecule has 0 aliphatic rings. The zero-order chi connectivity index (χ0) is 14.5. The topological polar surface area (TPSA) is 46.3 Å². The number of hydrazine groups is 1. The molecule has 3 heteroatoms. The minimum Gasteiger partial charge on any atom is -0.284 e. The molecule has 0 aliphatic heterocycles. The van der Waals surface area contributed by atoms with Crippen LogP contribution < -0.4 is 5.84 Å². The smallest absolute Gasteiger partial charge is 0.236 e. The Labute approximate surface area is 116 Å². The number of amides is 1. The quantitative estimate of drug-likeness (QED) is 0.384. The van der Waals surface area contributed by atoms with E-state index in [4.69, 9.17) is 5.84 Å². The Bertz CT molecular complexity index is 402. The van der Waals surface area contributed by atoms with Gasteiger partial charge in [-0.2, -0.15) is 0 Å². The summed E-state index contributed by atoms with van der Waals surface area (Å²) in [6, 6.07) is 8.79. The van der Waals surface area contributed by atoms with Crippen molar-refractivity contribution in [3.63, 3.8) is 0 Å². The molecule has 0 atom stereocenters. The van der Waals surface area contributed by atoms with Crippen LogP contribution in [0.3, 0.4) is 0 Å². The summed E-state index contributed by atoms with van der Waals surface area (Å²) in [6.45, 7) is 6.66. The molecule has 0 aliphatic carbocycles. The lowest BCUT2D eigenvalue weighted by molar-refractivity contribution is -0.130. The van der Waals surface area contributed by atoms with E-state index in [0.717, 1.165) is 24.3 Å². The van der Waals surface area contributed by atoms with Gasteiger partial charge in [0.05, 0.1) is 0 Å². The van der Waals surface area contributed by atoms with Crippen molar-refractivity contribution >= 4 is 5.91 Å². The van der Waals surface area contributed by atoms with E-state index < -0.39 is 0 Å². The number of aryl methyl sites for hydroxylation is 1. The van der Waals surface area contributed by atoms with Gasteiger partial charge in [0, 0.05) is 13.5 Å². The van der Waals surface area contributed by atoms with Gasteiger partial charge in [0.25, 0.3) is 0 Å². The maximum Gasteiger partial charge on any atom is 0.236 e. The van der Waals surface area contributed by atoms with Gasteiger partial charge in [-0.25, -0.2) is 5.84 Å². The highest BCUT2D eigenvalue weighted by atomic mass is 16.2. The second-order valence-corrected chi connectivity index (χ2v) is 6.16. The monoisotopic (exact) mass is 262 g/mol. The molecule has 0 heterocycles. The first-order valence-corrected chi connectivity index (χ1v) is 6.91. The Balaban J connectivity index is 2.37. The second-order valence-electron chi connectivity index (χ2n) is 6.16. The molecule has 0 radical (unpaired) electrons. The SMILES string of the molecule is CN(N)C(=O)CCCCc1ccc(C(C)(C)C)cc1. The van der Waals surface area contributed by atoms with Gasteiger partial charge in [-0.05, 0) is 35.8 Å². The largest absolute Gasteiger partial charge is 0.284 e. The predicted octanol–water partition coefficient (Wildman–Crippen LogP) is 3.03. The number of hydrogen-bond acceptors (Lipinski definition) is 2. The van der Waals surface area contributed by atoms with Crippen molar-refractivity contribution < 1.29 is 4.79 Å². The molecule has 0 bridgehead atoms. The van der Waals surface area contributed by atoms with Gasteiger partial charge in [-0.3, -0.25) is 9.80 Å². The molecule has 1 aromatic rings. The third-order valence-electron chi connectivity index (χ3n) is 3.32. The summed E-state index contributed by atoms with van der Waals surface area (Å²) in [4.78, 5) is 11.3. The van der Waals surface area contributed by atoms with Crippen LogP contribution in [0.4, 0.5) is 0 Å². The first kappa shape index (κ1) is 15.7. The van der Waals surface area contributed by atoms with Crippen LogP contribution in [0.2, 0.25) is 0 Å². The molecule has 1 aromatic carbocycles. The summed E-state index contributed by atoms with van der Waals surface area (Å²) in [6.07, 6.45) is 3.47. The molecule has 2 N–H and O–H groups in total. The first-order chi connectivity index (χ1) is 8.80. The molecule has 1 amide bonds. The molecule has 0 fully saturated rings. The van der Waals surface area contributed by atoms with Crippen LogP contribution in [0.25, 0.3) is 0 Å². The zero-order valence-electron chi connectivity index (χ0n) is 12.6. The summed E-state index contributed by atoms with van der Waals surface area (Å²) in [5, 5.41) is 1.16. The van der Waals surface area contributed by atoms with Crippen molar-refractivity contribution in [3.8, 4) is 0 Å². The van der Waals surface area contributed by atoms with Crippen molar-refractivity contribution in [1.29, 1.82) is 0 Å². The Morgan fingerprint density at radius 1 is 1.16 bits per heavy atom. The van der Waals surface area contributed by atoms with Crippen LogP contribution in [0, 0.1) is 0 Å². The van der Waals surface area contributed by atoms with E-state index in [9.17, 15) is 4.79 Å². The Morgan fingerprint density at radius 3 is 2.21 bits per heavy atom. The maximum atomic E-state index is 11.3. The predicted molar refractivity (Wildman–Crippen MR) is 79.7 cm³/mol. The highest BCUT2D eigenvalue weighted by Crippen LogP contribution is 2.22. The third kappa shape index (κ3) is 5.43. The summed E-state index contributed by atoms with van der Waals surface area (Å²) >= 11 is 0. The van der Waals surface area contributed by atoms with Crippen LogP contribution in [0.5, 0.6) is 0 Å². The highest BCUT2D eigenvalue weighted by Gasteiger charge is 2.12. The molecule has 0 aromatic heterocycles. The van der Waals surface area contributed by atoms with Crippen molar-refractivity contribution in [3.05, 3.63) is 35.4 Å². The van der Waals surface area contributed by atoms with Crippen LogP contribution in [-0.4, -0.2) is 18.0 Å². The van der Waals surface area contributed by atoms with Gasteiger partial charge in [0.1, 0.15) is 0 Å². The van der Waals surface area contributed by atoms with Gasteiger partial charge >= 0.3 is 0 Å². The molecule has 0 saturated heterocycles. The molecule has 1 rings (SSSR count). The van der Waals surface area contributed by atoms with Crippen LogP contribution in [0.15, 0.2) is 24.3 Å². The lowest BCUT2D eigenvalue weighted by Crippen LogP contribution is -2.32. The number of benzene rings is 1. The normalized spacial score (nSPS) is 11.4. The Hall–Kier alpha value is -1.35. The van der Waals surface area contributed by atoms with Gasteiger partial charge in [0.15, 0.2) is 0 Å². The third-order valence-corrected chi connectivity index (χ3v) is 3.32. The molecule has 0 saturated carbocycles. The number of nitrogens with two attached hydrogens (primary N) is 1. The standard InChI is InChI=1S/C16H26N2O/c1-16(2,3)14-11-9-13(10-12-14)7-5-6-8-15(19)18(4)17/h9-12H,5-8,17H2,1-4H3. The van der Waals surface area contributed by atoms with E-state index >= 15 is 0 Å². The Kier molecular flexibility index (Phi) is 5.55. The fourth-order valence-corrected chi connectivity index (χ4v) is 1.95. The molecule has 0 spiro atoms. The number of hydrogen-bond donors (Lipinski definition) is 1. The van der Waals surface area contributed by atoms with E-state index in [2.05, 4.69) is 45.0 Å². The average Bonchev–Trinajstić information content (AvgIpc) is 2.33. The summed E-state index contributed by atoms with van der Waals surface area (Å²) in [5.74, 6) is 5.37. The maximum absolute atomic E-state index is 11.3. The molecular weight excluding hydrogens is 236 g/mol. The van der Waals surface area contributed by atoms with Crippen LogP contribution in [-0.2, 0) is 16.6 Å². The summed E-state index contributed by atoms with van der Waals surface area (Å²) in [7, 11) is 1.59. The lowest BCUT2D eigenvalue weighted by Gasteiger charge is -2.19. The highest BCUT2D eigenvalue weighted by molar-refractivity contribution is 5.75. The average molecular weight is 262 g/mol. The van der Waals surface area contributed by atoms with E-state index in [-0.39, 0.29) is 11.3 Å². The Morgan fingerprint density at radius 2 is 1.74 bits per heavy atom. The number of carbonyl (C=O) groups excluding carboxylic acids is 1. The van der Waals surface area contributed by atoms with Gasteiger partial charge in [-0.1, -0.05) is 45.0 Å². The molecular formula is C16H26N2O. The number of carbonyl (C=O) groups is 1. The lowest BCUT2D eigenvalue weighted by atomic mass is 9.86. The fourth-order valence-electron chi connectivity index (χ4n) is 1.95. The molecule has 19 heavy (non-hydrogen) atoms. The zero-order valence-corrected chi connectivity index (χ0v) is 12.6. The number of unbranched alkanes of at least 4 members (excludes halogenated alkanes) is 1. The van der Waals surface area contributed by atoms with E-state index in [1.165, 1.54) is 11.1 Å². The van der Waals surface area contributed by atoms with E-state index in [1.54, 1.807) is 7.05 Å². The summed E-state index contributed by atoms with van der Waals surface area (Å²) in [5.41, 5.74) is 2.90. The van der Waals surface area contributed by atoms with E-state index in [1.807, 2.05) is 0 Å². The van der Waals surface area contributed by atoms with Gasteiger partial charge < -0.3 is 0 Å². The van der Waals surface area contributed by atoms with Gasteiger partial charge in [0.2, 0.25) is 5.91 Å². The van der Waals surface area contributed by atoms with Crippen molar-refractivity contribution in [2.75, 3.05) is 7.05 Å². The number of rotatable bonds is 5. The van der Waals surface area contributed by atoms with E-state index in [0.29, 0.717) is 6.42 Å². The van der Waals surface area contributed by atoms with Gasteiger partial charge in [-0.15, -0.1) is 0 Å². The second kappa shape index (κ2) is 6.71. The molecule has 106 valence electrons. The molecule has 3 nitrogen and oxygen atoms in total. The summed E-state index contributed by atoms with van der Waals surface area (Å²) < 4.78 is 0. The minimum atomic E-state index is 0.00285. The first-order valence-electron chi connectivity index (χ1n) is 6.91. The number of nitrogens with zero attached hydrogens (tertiary/aromatic N) is 1. The van der Waals surface area contributed by atoms with Crippen molar-refractivity contribution in [2.24, 2.45) is 5.84 Å². The molecule has 0 unspecified atom stereocenters.